The first kappa shape index (κ1) is 11.0. The first-order valence-corrected chi connectivity index (χ1v) is 5.35. The van der Waals surface area contributed by atoms with Gasteiger partial charge in [0.1, 0.15) is 5.82 Å². The minimum atomic E-state index is 0.659. The van der Waals surface area contributed by atoms with Crippen LogP contribution in [-0.2, 0) is 13.6 Å². The number of aromatic nitrogens is 3. The summed E-state index contributed by atoms with van der Waals surface area (Å²) in [6.45, 7) is 0.729. The smallest absolute Gasteiger partial charge is 0.147 e. The second-order valence-electron chi connectivity index (χ2n) is 3.61. The van der Waals surface area contributed by atoms with Crippen LogP contribution in [0.25, 0.3) is 0 Å². The van der Waals surface area contributed by atoms with Gasteiger partial charge in [0.15, 0.2) is 0 Å². The molecule has 0 radical (unpaired) electrons. The molecule has 0 fully saturated rings. The van der Waals surface area contributed by atoms with E-state index in [4.69, 9.17) is 11.6 Å². The van der Waals surface area contributed by atoms with Gasteiger partial charge in [-0.2, -0.15) is 5.10 Å². The maximum absolute atomic E-state index is 6.07. The highest BCUT2D eigenvalue weighted by molar-refractivity contribution is 6.32. The Morgan fingerprint density at radius 3 is 2.81 bits per heavy atom. The van der Waals surface area contributed by atoms with Gasteiger partial charge in [-0.1, -0.05) is 11.6 Å². The molecule has 0 saturated heterocycles. The lowest BCUT2D eigenvalue weighted by Gasteiger charge is -2.18. The number of rotatable bonds is 3. The minimum Gasteiger partial charge on any atom is -0.353 e. The largest absolute Gasteiger partial charge is 0.353 e. The van der Waals surface area contributed by atoms with E-state index in [1.165, 1.54) is 0 Å². The number of nitrogens with zero attached hydrogens (tertiary/aromatic N) is 4. The Morgan fingerprint density at radius 1 is 1.38 bits per heavy atom. The Labute approximate surface area is 99.5 Å². The van der Waals surface area contributed by atoms with E-state index in [0.29, 0.717) is 5.02 Å². The lowest BCUT2D eigenvalue weighted by Crippen LogP contribution is -2.19. The Kier molecular flexibility index (Phi) is 3.10. The van der Waals surface area contributed by atoms with Gasteiger partial charge in [0.05, 0.1) is 17.3 Å². The van der Waals surface area contributed by atoms with Gasteiger partial charge in [0, 0.05) is 26.5 Å². The molecular formula is C11H13ClN4. The fourth-order valence-electron chi connectivity index (χ4n) is 1.53. The second-order valence-corrected chi connectivity index (χ2v) is 4.02. The molecule has 0 bridgehead atoms. The van der Waals surface area contributed by atoms with E-state index in [0.717, 1.165) is 18.1 Å². The molecule has 0 saturated carbocycles. The summed E-state index contributed by atoms with van der Waals surface area (Å²) in [5.41, 5.74) is 1.12. The van der Waals surface area contributed by atoms with E-state index < -0.39 is 0 Å². The van der Waals surface area contributed by atoms with Crippen LogP contribution < -0.4 is 4.90 Å². The average molecular weight is 237 g/mol. The average Bonchev–Trinajstić information content (AvgIpc) is 2.65. The summed E-state index contributed by atoms with van der Waals surface area (Å²) in [5.74, 6) is 0.783. The zero-order valence-corrected chi connectivity index (χ0v) is 10.0. The number of hydrogen-bond donors (Lipinski definition) is 0. The highest BCUT2D eigenvalue weighted by atomic mass is 35.5. The second kappa shape index (κ2) is 4.53. The van der Waals surface area contributed by atoms with Crippen LogP contribution in [0.15, 0.2) is 30.6 Å². The van der Waals surface area contributed by atoms with Crippen molar-refractivity contribution in [1.29, 1.82) is 0 Å². The number of aryl methyl sites for hydroxylation is 1. The molecule has 2 rings (SSSR count). The minimum absolute atomic E-state index is 0.659. The van der Waals surface area contributed by atoms with Crippen molar-refractivity contribution < 1.29 is 0 Å². The van der Waals surface area contributed by atoms with E-state index in [1.807, 2.05) is 41.9 Å². The zero-order chi connectivity index (χ0) is 11.5. The summed E-state index contributed by atoms with van der Waals surface area (Å²) in [5, 5.41) is 4.78. The Balaban J connectivity index is 2.18. The van der Waals surface area contributed by atoms with Crippen LogP contribution in [0.1, 0.15) is 5.69 Å². The molecule has 0 atom stereocenters. The van der Waals surface area contributed by atoms with E-state index in [2.05, 4.69) is 10.1 Å². The lowest BCUT2D eigenvalue weighted by atomic mass is 10.3. The van der Waals surface area contributed by atoms with Crippen LogP contribution in [0.4, 0.5) is 5.82 Å². The predicted octanol–water partition coefficient (Wildman–Crippen LogP) is 2.10. The first-order chi connectivity index (χ1) is 7.68. The fourth-order valence-corrected chi connectivity index (χ4v) is 1.80. The molecule has 0 spiro atoms. The molecule has 0 aliphatic heterocycles. The SMILES string of the molecule is CN(Cc1ccnn1C)c1ncccc1Cl. The highest BCUT2D eigenvalue weighted by Gasteiger charge is 2.09. The maximum atomic E-state index is 6.07. The van der Waals surface area contributed by atoms with Crippen molar-refractivity contribution in [2.24, 2.45) is 7.05 Å². The van der Waals surface area contributed by atoms with Gasteiger partial charge >= 0.3 is 0 Å². The molecule has 0 unspecified atom stereocenters. The van der Waals surface area contributed by atoms with Crippen molar-refractivity contribution in [2.75, 3.05) is 11.9 Å². The van der Waals surface area contributed by atoms with E-state index in [1.54, 1.807) is 12.4 Å². The van der Waals surface area contributed by atoms with Gasteiger partial charge in [-0.3, -0.25) is 4.68 Å². The van der Waals surface area contributed by atoms with Gasteiger partial charge in [0.2, 0.25) is 0 Å². The lowest BCUT2D eigenvalue weighted by molar-refractivity contribution is 0.697. The van der Waals surface area contributed by atoms with E-state index in [9.17, 15) is 0 Å². The van der Waals surface area contributed by atoms with Gasteiger partial charge in [0.25, 0.3) is 0 Å². The normalized spacial score (nSPS) is 10.4. The molecule has 2 aromatic rings. The number of hydrogen-bond acceptors (Lipinski definition) is 3. The van der Waals surface area contributed by atoms with Crippen LogP contribution in [0.5, 0.6) is 0 Å². The van der Waals surface area contributed by atoms with Crippen LogP contribution >= 0.6 is 11.6 Å². The predicted molar refractivity (Wildman–Crippen MR) is 64.6 cm³/mol. The van der Waals surface area contributed by atoms with Gasteiger partial charge < -0.3 is 4.90 Å². The summed E-state index contributed by atoms with van der Waals surface area (Å²) in [6.07, 6.45) is 3.52. The van der Waals surface area contributed by atoms with Gasteiger partial charge in [-0.25, -0.2) is 4.98 Å². The fraction of sp³-hybridized carbons (Fsp3) is 0.273. The van der Waals surface area contributed by atoms with Crippen LogP contribution in [0.2, 0.25) is 5.02 Å². The molecule has 2 heterocycles. The van der Waals surface area contributed by atoms with Crippen LogP contribution in [-0.4, -0.2) is 21.8 Å². The monoisotopic (exact) mass is 236 g/mol. The molecular weight excluding hydrogens is 224 g/mol. The number of anilines is 1. The summed E-state index contributed by atoms with van der Waals surface area (Å²) in [6, 6.07) is 5.64. The molecule has 0 aromatic carbocycles. The van der Waals surface area contributed by atoms with Crippen molar-refractivity contribution in [3.05, 3.63) is 41.3 Å². The number of pyridine rings is 1. The summed E-state index contributed by atoms with van der Waals surface area (Å²) in [7, 11) is 3.88. The molecule has 0 aliphatic rings. The van der Waals surface area contributed by atoms with E-state index in [-0.39, 0.29) is 0 Å². The summed E-state index contributed by atoms with van der Waals surface area (Å²) >= 11 is 6.07. The maximum Gasteiger partial charge on any atom is 0.147 e. The molecule has 0 amide bonds. The molecule has 0 N–H and O–H groups in total. The Morgan fingerprint density at radius 2 is 2.19 bits per heavy atom. The van der Waals surface area contributed by atoms with Gasteiger partial charge in [-0.05, 0) is 18.2 Å². The quantitative estimate of drug-likeness (QED) is 0.819. The molecule has 5 heteroatoms. The van der Waals surface area contributed by atoms with Crippen molar-refractivity contribution in [3.63, 3.8) is 0 Å². The van der Waals surface area contributed by atoms with Crippen molar-refractivity contribution in [1.82, 2.24) is 14.8 Å². The van der Waals surface area contributed by atoms with Crippen LogP contribution in [0, 0.1) is 0 Å². The summed E-state index contributed by atoms with van der Waals surface area (Å²) < 4.78 is 1.84. The molecule has 16 heavy (non-hydrogen) atoms. The number of halogens is 1. The van der Waals surface area contributed by atoms with Gasteiger partial charge in [-0.15, -0.1) is 0 Å². The molecule has 2 aromatic heterocycles. The molecule has 0 aliphatic carbocycles. The van der Waals surface area contributed by atoms with Crippen LogP contribution in [0.3, 0.4) is 0 Å². The third-order valence-corrected chi connectivity index (χ3v) is 2.72. The molecule has 84 valence electrons. The highest BCUT2D eigenvalue weighted by Crippen LogP contribution is 2.22. The topological polar surface area (TPSA) is 34.0 Å². The zero-order valence-electron chi connectivity index (χ0n) is 9.26. The Bertz CT molecular complexity index is 480. The third kappa shape index (κ3) is 2.17. The standard InChI is InChI=1S/C11H13ClN4/c1-15(8-9-5-7-14-16(9)2)11-10(12)4-3-6-13-11/h3-7H,8H2,1-2H3. The first-order valence-electron chi connectivity index (χ1n) is 4.97. The summed E-state index contributed by atoms with van der Waals surface area (Å²) in [4.78, 5) is 6.25. The Hall–Kier alpha value is -1.55. The van der Waals surface area contributed by atoms with Crippen molar-refractivity contribution in [2.45, 2.75) is 6.54 Å². The third-order valence-electron chi connectivity index (χ3n) is 2.42. The van der Waals surface area contributed by atoms with E-state index >= 15 is 0 Å². The molecule has 4 nitrogen and oxygen atoms in total. The van der Waals surface area contributed by atoms with Crippen molar-refractivity contribution in [3.8, 4) is 0 Å². The van der Waals surface area contributed by atoms with Crippen molar-refractivity contribution >= 4 is 17.4 Å².